The summed E-state index contributed by atoms with van der Waals surface area (Å²) in [5.41, 5.74) is -2.48. The Morgan fingerprint density at radius 1 is 1.07 bits per heavy atom. The predicted octanol–water partition coefficient (Wildman–Crippen LogP) is 5.25. The second-order valence-electron chi connectivity index (χ2n) is 7.99. The van der Waals surface area contributed by atoms with E-state index in [9.17, 15) is 23.1 Å². The molecule has 1 amide bonds. The fourth-order valence-electron chi connectivity index (χ4n) is 3.09. The van der Waals surface area contributed by atoms with Crippen molar-refractivity contribution in [1.82, 2.24) is 5.01 Å². The maximum Gasteiger partial charge on any atom is 0.431 e. The number of amides is 1. The van der Waals surface area contributed by atoms with E-state index in [-0.39, 0.29) is 16.5 Å². The number of hydrogen-bond acceptors (Lipinski definition) is 3. The van der Waals surface area contributed by atoms with Gasteiger partial charge in [0.2, 0.25) is 0 Å². The van der Waals surface area contributed by atoms with Crippen LogP contribution in [0.25, 0.3) is 0 Å². The lowest BCUT2D eigenvalue weighted by Gasteiger charge is -2.31. The molecule has 0 radical (unpaired) electrons. The minimum atomic E-state index is -4.77. The molecule has 1 aliphatic heterocycles. The smallest absolute Gasteiger partial charge is 0.365 e. The minimum Gasteiger partial charge on any atom is -0.365 e. The lowest BCUT2D eigenvalue weighted by atomic mass is 9.86. The molecule has 0 bridgehead atoms. The minimum absolute atomic E-state index is 0.0876. The van der Waals surface area contributed by atoms with Gasteiger partial charge in [0, 0.05) is 16.1 Å². The largest absolute Gasteiger partial charge is 0.431 e. The van der Waals surface area contributed by atoms with Crippen LogP contribution >= 0.6 is 11.6 Å². The van der Waals surface area contributed by atoms with Gasteiger partial charge in [0.15, 0.2) is 5.72 Å². The summed E-state index contributed by atoms with van der Waals surface area (Å²) in [6.45, 7) is 6.01. The first-order chi connectivity index (χ1) is 13.3. The monoisotopic (exact) mass is 424 g/mol. The Kier molecular flexibility index (Phi) is 5.26. The number of nitrogens with zero attached hydrogens (tertiary/aromatic N) is 2. The molecule has 1 heterocycles. The van der Waals surface area contributed by atoms with Gasteiger partial charge in [-0.2, -0.15) is 23.3 Å². The molecule has 0 saturated heterocycles. The average Bonchev–Trinajstić information content (AvgIpc) is 3.00. The van der Waals surface area contributed by atoms with Crippen LogP contribution < -0.4 is 0 Å². The summed E-state index contributed by atoms with van der Waals surface area (Å²) in [4.78, 5) is 13.0. The van der Waals surface area contributed by atoms with Gasteiger partial charge in [-0.1, -0.05) is 56.6 Å². The Morgan fingerprint density at radius 3 is 2.10 bits per heavy atom. The normalized spacial score (nSPS) is 20.0. The van der Waals surface area contributed by atoms with Crippen LogP contribution in [0.1, 0.15) is 48.7 Å². The van der Waals surface area contributed by atoms with Crippen LogP contribution in [-0.2, 0) is 11.1 Å². The number of hydrogen-bond donors (Lipinski definition) is 1. The summed E-state index contributed by atoms with van der Waals surface area (Å²) in [6, 6.07) is 12.1. The number of rotatable bonds is 2. The number of carbonyl (C=O) groups is 1. The zero-order valence-electron chi connectivity index (χ0n) is 16.1. The van der Waals surface area contributed by atoms with Gasteiger partial charge in [-0.15, -0.1) is 0 Å². The van der Waals surface area contributed by atoms with Gasteiger partial charge in [0.25, 0.3) is 5.91 Å². The van der Waals surface area contributed by atoms with Gasteiger partial charge in [0.1, 0.15) is 5.71 Å². The molecule has 0 unspecified atom stereocenters. The van der Waals surface area contributed by atoms with Crippen molar-refractivity contribution in [3.63, 3.8) is 0 Å². The van der Waals surface area contributed by atoms with E-state index in [1.54, 1.807) is 12.1 Å². The summed E-state index contributed by atoms with van der Waals surface area (Å²) < 4.78 is 39.9. The summed E-state index contributed by atoms with van der Waals surface area (Å²) in [5.74, 6) is -0.831. The molecular weight excluding hydrogens is 405 g/mol. The van der Waals surface area contributed by atoms with Gasteiger partial charge in [0.05, 0.1) is 6.42 Å². The lowest BCUT2D eigenvalue weighted by Crippen LogP contribution is -2.43. The van der Waals surface area contributed by atoms with Crippen molar-refractivity contribution in [1.29, 1.82) is 0 Å². The van der Waals surface area contributed by atoms with E-state index in [0.29, 0.717) is 10.0 Å². The molecule has 29 heavy (non-hydrogen) atoms. The Hall–Kier alpha value is -2.38. The second-order valence-corrected chi connectivity index (χ2v) is 8.43. The third kappa shape index (κ3) is 4.16. The molecule has 8 heteroatoms. The van der Waals surface area contributed by atoms with Gasteiger partial charge >= 0.3 is 6.18 Å². The van der Waals surface area contributed by atoms with Crippen LogP contribution in [0.5, 0.6) is 0 Å². The fourth-order valence-corrected chi connectivity index (χ4v) is 3.22. The lowest BCUT2D eigenvalue weighted by molar-refractivity contribution is -0.0816. The van der Waals surface area contributed by atoms with Crippen molar-refractivity contribution in [2.24, 2.45) is 5.10 Å². The summed E-state index contributed by atoms with van der Waals surface area (Å²) >= 11 is 5.84. The average molecular weight is 425 g/mol. The SMILES string of the molecule is CC(C)(C)c1ccc(C(=O)N2N=C(C(F)(F)F)C[C@]2(O)c2ccc(Cl)cc2)cc1. The standard InChI is InChI=1S/C21H20ClF3N2O2/c1-19(2,3)14-6-4-13(5-7-14)18(28)27-20(29,12-17(26-27)21(23,24)25)15-8-10-16(22)11-9-15/h4-11,29H,12H2,1-3H3/t20-/m0/s1. The summed E-state index contributed by atoms with van der Waals surface area (Å²) in [5, 5.41) is 15.4. The van der Waals surface area contributed by atoms with Crippen LogP contribution in [-0.4, -0.2) is 27.9 Å². The predicted molar refractivity (Wildman–Crippen MR) is 105 cm³/mol. The highest BCUT2D eigenvalue weighted by Crippen LogP contribution is 2.40. The number of halogens is 4. The van der Waals surface area contributed by atoms with Crippen LogP contribution in [0.2, 0.25) is 5.02 Å². The van der Waals surface area contributed by atoms with Crippen LogP contribution in [0.4, 0.5) is 13.2 Å². The van der Waals surface area contributed by atoms with Crippen molar-refractivity contribution in [3.8, 4) is 0 Å². The highest BCUT2D eigenvalue weighted by Gasteiger charge is 2.53. The third-order valence-corrected chi connectivity index (χ3v) is 5.06. The van der Waals surface area contributed by atoms with Crippen molar-refractivity contribution >= 4 is 23.2 Å². The molecule has 3 rings (SSSR count). The molecule has 0 aliphatic carbocycles. The molecule has 0 spiro atoms. The Bertz CT molecular complexity index is 948. The molecule has 2 aromatic rings. The number of benzene rings is 2. The fraction of sp³-hybridized carbons (Fsp3) is 0.333. The van der Waals surface area contributed by atoms with E-state index < -0.39 is 29.9 Å². The van der Waals surface area contributed by atoms with E-state index in [2.05, 4.69) is 5.10 Å². The molecule has 2 aromatic carbocycles. The molecular formula is C21H20ClF3N2O2. The third-order valence-electron chi connectivity index (χ3n) is 4.81. The highest BCUT2D eigenvalue weighted by molar-refractivity contribution is 6.30. The number of aliphatic hydroxyl groups is 1. The first-order valence-corrected chi connectivity index (χ1v) is 9.28. The molecule has 0 fully saturated rings. The van der Waals surface area contributed by atoms with Gasteiger partial charge in [-0.25, -0.2) is 0 Å². The van der Waals surface area contributed by atoms with Crippen LogP contribution in [0.3, 0.4) is 0 Å². The van der Waals surface area contributed by atoms with E-state index in [0.717, 1.165) is 5.56 Å². The van der Waals surface area contributed by atoms with Crippen molar-refractivity contribution in [3.05, 3.63) is 70.2 Å². The Labute approximate surface area is 171 Å². The first kappa shape index (κ1) is 21.3. The molecule has 1 aliphatic rings. The van der Waals surface area contributed by atoms with Gasteiger partial charge in [-0.3, -0.25) is 4.79 Å². The zero-order chi connectivity index (χ0) is 21.6. The van der Waals surface area contributed by atoms with Crippen LogP contribution in [0, 0.1) is 0 Å². The van der Waals surface area contributed by atoms with E-state index in [4.69, 9.17) is 11.6 Å². The van der Waals surface area contributed by atoms with Crippen molar-refractivity contribution < 1.29 is 23.1 Å². The molecule has 4 nitrogen and oxygen atoms in total. The summed E-state index contributed by atoms with van der Waals surface area (Å²) in [6.07, 6.45) is -5.64. The number of hydrazone groups is 1. The number of alkyl halides is 3. The van der Waals surface area contributed by atoms with E-state index in [1.807, 2.05) is 20.8 Å². The van der Waals surface area contributed by atoms with E-state index >= 15 is 0 Å². The van der Waals surface area contributed by atoms with E-state index in [1.165, 1.54) is 36.4 Å². The summed E-state index contributed by atoms with van der Waals surface area (Å²) in [7, 11) is 0. The maximum atomic E-state index is 13.3. The van der Waals surface area contributed by atoms with Crippen LogP contribution in [0.15, 0.2) is 53.6 Å². The Morgan fingerprint density at radius 2 is 1.62 bits per heavy atom. The highest BCUT2D eigenvalue weighted by atomic mass is 35.5. The van der Waals surface area contributed by atoms with Crippen molar-refractivity contribution in [2.75, 3.05) is 0 Å². The molecule has 0 saturated carbocycles. The molecule has 1 atom stereocenters. The quantitative estimate of drug-likeness (QED) is 0.716. The Balaban J connectivity index is 2.03. The number of carbonyl (C=O) groups excluding carboxylic acids is 1. The van der Waals surface area contributed by atoms with Gasteiger partial charge < -0.3 is 5.11 Å². The van der Waals surface area contributed by atoms with Gasteiger partial charge in [-0.05, 0) is 35.2 Å². The zero-order valence-corrected chi connectivity index (χ0v) is 16.8. The molecule has 0 aromatic heterocycles. The molecule has 154 valence electrons. The second kappa shape index (κ2) is 7.15. The maximum absolute atomic E-state index is 13.3. The molecule has 1 N–H and O–H groups in total. The van der Waals surface area contributed by atoms with Crippen molar-refractivity contribution in [2.45, 2.75) is 44.5 Å². The first-order valence-electron chi connectivity index (χ1n) is 8.90. The topological polar surface area (TPSA) is 52.9 Å².